The second-order valence-electron chi connectivity index (χ2n) is 1.34. The van der Waals surface area contributed by atoms with Gasteiger partial charge in [0, 0.05) is 18.0 Å². The third-order valence-electron chi connectivity index (χ3n) is 0.728. The third-order valence-corrected chi connectivity index (χ3v) is 1.43. The van der Waals surface area contributed by atoms with Crippen LogP contribution in [0, 0.1) is 0 Å². The van der Waals surface area contributed by atoms with E-state index in [2.05, 4.69) is 20.9 Å². The van der Waals surface area contributed by atoms with E-state index in [0.717, 1.165) is 4.09 Å². The molecule has 1 aromatic rings. The van der Waals surface area contributed by atoms with Crippen LogP contribution in [-0.4, -0.2) is 9.07 Å². The Labute approximate surface area is 64.5 Å². The lowest BCUT2D eigenvalue weighted by Gasteiger charge is -1.88. The van der Waals surface area contributed by atoms with Gasteiger partial charge in [-0.25, -0.2) is 8.88 Å². The van der Waals surface area contributed by atoms with Crippen molar-refractivity contribution in [1.82, 2.24) is 9.07 Å². The van der Waals surface area contributed by atoms with Crippen molar-refractivity contribution >= 4 is 27.7 Å². The molecule has 0 aromatic carbocycles. The van der Waals surface area contributed by atoms with Gasteiger partial charge in [0.05, 0.1) is 0 Å². The molecule has 5 heteroatoms. The van der Waals surface area contributed by atoms with E-state index in [9.17, 15) is 4.79 Å². The summed E-state index contributed by atoms with van der Waals surface area (Å²) in [6.45, 7) is 0. The number of halogens is 2. The SMILES string of the molecule is O=c1nc(Br)ccn1Cl. The molecule has 1 aromatic heterocycles. The molecule has 0 spiro atoms. The molecule has 0 aliphatic heterocycles. The first-order chi connectivity index (χ1) is 4.20. The topological polar surface area (TPSA) is 34.9 Å². The van der Waals surface area contributed by atoms with Crippen LogP contribution in [0.2, 0.25) is 0 Å². The Hall–Kier alpha value is -0.350. The fraction of sp³-hybridized carbons (Fsp3) is 0. The number of hydrogen-bond donors (Lipinski definition) is 0. The van der Waals surface area contributed by atoms with Gasteiger partial charge in [0.2, 0.25) is 0 Å². The van der Waals surface area contributed by atoms with Crippen molar-refractivity contribution in [1.29, 1.82) is 0 Å². The monoisotopic (exact) mass is 208 g/mol. The molecule has 0 atom stereocenters. The molecule has 0 aliphatic carbocycles. The van der Waals surface area contributed by atoms with Crippen LogP contribution in [0.3, 0.4) is 0 Å². The molecule has 48 valence electrons. The summed E-state index contributed by atoms with van der Waals surface area (Å²) in [7, 11) is 0. The van der Waals surface area contributed by atoms with Gasteiger partial charge in [0.1, 0.15) is 4.60 Å². The fourth-order valence-corrected chi connectivity index (χ4v) is 0.731. The third kappa shape index (κ3) is 1.53. The molecule has 0 amide bonds. The molecule has 0 N–H and O–H groups in total. The summed E-state index contributed by atoms with van der Waals surface area (Å²) in [4.78, 5) is 14.0. The highest BCUT2D eigenvalue weighted by Crippen LogP contribution is 1.99. The molecular formula is C4H2BrClN2O. The molecule has 0 unspecified atom stereocenters. The van der Waals surface area contributed by atoms with Crippen LogP contribution >= 0.6 is 27.7 Å². The fourth-order valence-electron chi connectivity index (χ4n) is 0.367. The summed E-state index contributed by atoms with van der Waals surface area (Å²) in [5, 5.41) is 0. The van der Waals surface area contributed by atoms with Crippen molar-refractivity contribution in [2.45, 2.75) is 0 Å². The van der Waals surface area contributed by atoms with Gasteiger partial charge in [0.15, 0.2) is 0 Å². The molecule has 9 heavy (non-hydrogen) atoms. The average Bonchev–Trinajstić information content (AvgIpc) is 1.80. The van der Waals surface area contributed by atoms with E-state index >= 15 is 0 Å². The zero-order valence-electron chi connectivity index (χ0n) is 4.21. The standard InChI is InChI=1S/C4H2BrClN2O/c5-3-1-2-8(6)4(9)7-3/h1-2H. The van der Waals surface area contributed by atoms with E-state index in [0.29, 0.717) is 4.60 Å². The van der Waals surface area contributed by atoms with Crippen molar-refractivity contribution in [2.24, 2.45) is 0 Å². The summed E-state index contributed by atoms with van der Waals surface area (Å²) in [6.07, 6.45) is 1.42. The first-order valence-corrected chi connectivity index (χ1v) is 3.24. The Morgan fingerprint density at radius 3 is 2.89 bits per heavy atom. The second kappa shape index (κ2) is 2.49. The minimum atomic E-state index is -0.481. The molecule has 0 bridgehead atoms. The average molecular weight is 209 g/mol. The summed E-state index contributed by atoms with van der Waals surface area (Å²) >= 11 is 8.31. The van der Waals surface area contributed by atoms with Gasteiger partial charge in [0.25, 0.3) is 0 Å². The van der Waals surface area contributed by atoms with Crippen molar-refractivity contribution in [3.05, 3.63) is 27.4 Å². The van der Waals surface area contributed by atoms with Crippen LogP contribution in [-0.2, 0) is 0 Å². The van der Waals surface area contributed by atoms with Crippen LogP contribution in [0.4, 0.5) is 0 Å². The summed E-state index contributed by atoms with van der Waals surface area (Å²) < 4.78 is 1.37. The van der Waals surface area contributed by atoms with E-state index < -0.39 is 5.69 Å². The molecule has 0 radical (unpaired) electrons. The quantitative estimate of drug-likeness (QED) is 0.598. The van der Waals surface area contributed by atoms with Crippen molar-refractivity contribution < 1.29 is 0 Å². The predicted octanol–water partition coefficient (Wildman–Crippen LogP) is 1.01. The molecule has 0 fully saturated rings. The largest absolute Gasteiger partial charge is 0.363 e. The van der Waals surface area contributed by atoms with Crippen LogP contribution in [0.25, 0.3) is 0 Å². The minimum absolute atomic E-state index is 0.481. The second-order valence-corrected chi connectivity index (χ2v) is 2.52. The maximum absolute atomic E-state index is 10.5. The lowest BCUT2D eigenvalue weighted by molar-refractivity contribution is 0.990. The highest BCUT2D eigenvalue weighted by molar-refractivity contribution is 9.10. The molecule has 0 aliphatic rings. The van der Waals surface area contributed by atoms with Crippen molar-refractivity contribution in [2.75, 3.05) is 0 Å². The van der Waals surface area contributed by atoms with Crippen LogP contribution in [0.5, 0.6) is 0 Å². The first-order valence-electron chi connectivity index (χ1n) is 2.11. The smallest absolute Gasteiger partial charge is 0.244 e. The van der Waals surface area contributed by atoms with Gasteiger partial charge in [-0.1, -0.05) is 0 Å². The Balaban J connectivity index is 3.34. The zero-order chi connectivity index (χ0) is 6.85. The maximum Gasteiger partial charge on any atom is 0.363 e. The van der Waals surface area contributed by atoms with Gasteiger partial charge in [-0.2, -0.15) is 4.98 Å². The summed E-state index contributed by atoms with van der Waals surface area (Å²) in [5.74, 6) is 0. The lowest BCUT2D eigenvalue weighted by Crippen LogP contribution is -2.14. The van der Waals surface area contributed by atoms with E-state index in [1.54, 1.807) is 6.07 Å². The highest BCUT2D eigenvalue weighted by atomic mass is 79.9. The molecule has 0 saturated carbocycles. The number of hydrogen-bond acceptors (Lipinski definition) is 2. The zero-order valence-corrected chi connectivity index (χ0v) is 6.56. The molecule has 0 saturated heterocycles. The van der Waals surface area contributed by atoms with E-state index in [-0.39, 0.29) is 0 Å². The predicted molar refractivity (Wildman–Crippen MR) is 37.4 cm³/mol. The van der Waals surface area contributed by atoms with Gasteiger partial charge < -0.3 is 0 Å². The van der Waals surface area contributed by atoms with Crippen LogP contribution in [0.1, 0.15) is 0 Å². The number of aromatic nitrogens is 2. The van der Waals surface area contributed by atoms with Gasteiger partial charge in [-0.05, 0) is 22.0 Å². The summed E-state index contributed by atoms with van der Waals surface area (Å²) in [5.41, 5.74) is -0.481. The van der Waals surface area contributed by atoms with Gasteiger partial charge in [-0.3, -0.25) is 0 Å². The molecule has 1 rings (SSSR count). The van der Waals surface area contributed by atoms with Crippen molar-refractivity contribution in [3.8, 4) is 0 Å². The Morgan fingerprint density at radius 2 is 2.44 bits per heavy atom. The first kappa shape index (κ1) is 6.77. The molecular weight excluding hydrogens is 207 g/mol. The molecule has 3 nitrogen and oxygen atoms in total. The van der Waals surface area contributed by atoms with E-state index in [1.165, 1.54) is 6.20 Å². The van der Waals surface area contributed by atoms with E-state index in [1.807, 2.05) is 0 Å². The minimum Gasteiger partial charge on any atom is -0.244 e. The van der Waals surface area contributed by atoms with Crippen molar-refractivity contribution in [3.63, 3.8) is 0 Å². The maximum atomic E-state index is 10.5. The Kier molecular flexibility index (Phi) is 1.87. The van der Waals surface area contributed by atoms with E-state index in [4.69, 9.17) is 11.8 Å². The Morgan fingerprint density at radius 1 is 1.78 bits per heavy atom. The number of nitrogens with zero attached hydrogens (tertiary/aromatic N) is 2. The van der Waals surface area contributed by atoms with Gasteiger partial charge >= 0.3 is 5.69 Å². The summed E-state index contributed by atoms with van der Waals surface area (Å²) in [6, 6.07) is 1.58. The van der Waals surface area contributed by atoms with Crippen LogP contribution in [0.15, 0.2) is 21.7 Å². The van der Waals surface area contributed by atoms with Crippen LogP contribution < -0.4 is 5.69 Å². The molecule has 1 heterocycles. The normalized spacial score (nSPS) is 9.56. The highest BCUT2D eigenvalue weighted by Gasteiger charge is 1.91. The number of rotatable bonds is 0. The van der Waals surface area contributed by atoms with Gasteiger partial charge in [-0.15, -0.1) is 0 Å². The lowest BCUT2D eigenvalue weighted by atomic mass is 10.7. The Bertz CT molecular complexity index is 272.